The van der Waals surface area contributed by atoms with Crippen LogP contribution in [-0.4, -0.2) is 36.1 Å². The van der Waals surface area contributed by atoms with Gasteiger partial charge < -0.3 is 9.73 Å². The molecule has 112 valence electrons. The fourth-order valence-corrected chi connectivity index (χ4v) is 2.79. The molecule has 2 heterocycles. The zero-order valence-corrected chi connectivity index (χ0v) is 12.2. The monoisotopic (exact) mass is 289 g/mol. The van der Waals surface area contributed by atoms with Crippen LogP contribution in [0.15, 0.2) is 34.9 Å². The molecule has 21 heavy (non-hydrogen) atoms. The Bertz CT molecular complexity index is 599. The van der Waals surface area contributed by atoms with E-state index < -0.39 is 0 Å². The summed E-state index contributed by atoms with van der Waals surface area (Å²) in [5, 5.41) is 3.32. The quantitative estimate of drug-likeness (QED) is 0.939. The van der Waals surface area contributed by atoms with Gasteiger partial charge in [0, 0.05) is 12.6 Å². The lowest BCUT2D eigenvalue weighted by Gasteiger charge is -2.31. The van der Waals surface area contributed by atoms with Gasteiger partial charge in [-0.3, -0.25) is 4.90 Å². The van der Waals surface area contributed by atoms with E-state index in [9.17, 15) is 4.39 Å². The second kappa shape index (κ2) is 6.37. The number of likely N-dealkylation sites (tertiary alicyclic amines) is 1. The Hall–Kier alpha value is -1.72. The maximum absolute atomic E-state index is 13.7. The van der Waals surface area contributed by atoms with Crippen LogP contribution in [0.4, 0.5) is 4.39 Å². The Kier molecular flexibility index (Phi) is 4.31. The van der Waals surface area contributed by atoms with Crippen LogP contribution in [-0.2, 0) is 6.54 Å². The molecule has 1 aromatic heterocycles. The van der Waals surface area contributed by atoms with Gasteiger partial charge in [-0.05, 0) is 38.6 Å². The molecule has 0 radical (unpaired) electrons. The van der Waals surface area contributed by atoms with Gasteiger partial charge in [0.15, 0.2) is 5.76 Å². The van der Waals surface area contributed by atoms with Crippen molar-refractivity contribution < 1.29 is 8.81 Å². The summed E-state index contributed by atoms with van der Waals surface area (Å²) in [5.74, 6) is 0.851. The zero-order chi connectivity index (χ0) is 14.7. The van der Waals surface area contributed by atoms with Crippen LogP contribution in [0.5, 0.6) is 0 Å². The average Bonchev–Trinajstić information content (AvgIpc) is 2.96. The molecule has 1 aliphatic heterocycles. The van der Waals surface area contributed by atoms with Gasteiger partial charge in [0.25, 0.3) is 0 Å². The molecule has 4 nitrogen and oxygen atoms in total. The SMILES string of the molecule is CNC1CCCN(Cc2ncc(-c3ccccc3F)o2)C1. The van der Waals surface area contributed by atoms with Crippen molar-refractivity contribution in [2.24, 2.45) is 0 Å². The molecule has 1 atom stereocenters. The van der Waals surface area contributed by atoms with E-state index in [0.29, 0.717) is 29.8 Å². The summed E-state index contributed by atoms with van der Waals surface area (Å²) >= 11 is 0. The van der Waals surface area contributed by atoms with Gasteiger partial charge in [0.1, 0.15) is 5.82 Å². The van der Waals surface area contributed by atoms with Crippen LogP contribution >= 0.6 is 0 Å². The van der Waals surface area contributed by atoms with E-state index in [1.165, 1.54) is 18.9 Å². The Morgan fingerprint density at radius 3 is 3.10 bits per heavy atom. The molecular weight excluding hydrogens is 269 g/mol. The first-order valence-electron chi connectivity index (χ1n) is 7.35. The fraction of sp³-hybridized carbons (Fsp3) is 0.438. The molecule has 5 heteroatoms. The largest absolute Gasteiger partial charge is 0.439 e. The molecular formula is C16H20FN3O. The van der Waals surface area contributed by atoms with E-state index >= 15 is 0 Å². The maximum Gasteiger partial charge on any atom is 0.209 e. The van der Waals surface area contributed by atoms with E-state index in [4.69, 9.17) is 4.42 Å². The van der Waals surface area contributed by atoms with E-state index in [-0.39, 0.29) is 5.82 Å². The van der Waals surface area contributed by atoms with Crippen molar-refractivity contribution in [3.8, 4) is 11.3 Å². The van der Waals surface area contributed by atoms with E-state index in [0.717, 1.165) is 13.1 Å². The van der Waals surface area contributed by atoms with Crippen LogP contribution in [0, 0.1) is 5.82 Å². The zero-order valence-electron chi connectivity index (χ0n) is 12.2. The summed E-state index contributed by atoms with van der Waals surface area (Å²) in [7, 11) is 2.00. The predicted octanol–water partition coefficient (Wildman–Crippen LogP) is 2.66. The van der Waals surface area contributed by atoms with Crippen molar-refractivity contribution in [3.05, 3.63) is 42.2 Å². The first-order valence-corrected chi connectivity index (χ1v) is 7.35. The number of benzene rings is 1. The number of hydrogen-bond donors (Lipinski definition) is 1. The molecule has 1 fully saturated rings. The molecule has 1 unspecified atom stereocenters. The van der Waals surface area contributed by atoms with Gasteiger partial charge >= 0.3 is 0 Å². The van der Waals surface area contributed by atoms with Crippen molar-refractivity contribution >= 4 is 0 Å². The number of hydrogen-bond acceptors (Lipinski definition) is 4. The Morgan fingerprint density at radius 1 is 1.43 bits per heavy atom. The Balaban J connectivity index is 1.69. The van der Waals surface area contributed by atoms with E-state index in [1.807, 2.05) is 7.05 Å². The highest BCUT2D eigenvalue weighted by Crippen LogP contribution is 2.24. The number of rotatable bonds is 4. The first kappa shape index (κ1) is 14.2. The standard InChI is InChI=1S/C16H20FN3O/c1-18-12-5-4-8-20(10-12)11-16-19-9-15(21-16)13-6-2-3-7-14(13)17/h2-3,6-7,9,12,18H,4-5,8,10-11H2,1H3. The van der Waals surface area contributed by atoms with Gasteiger partial charge in [-0.15, -0.1) is 0 Å². The highest BCUT2D eigenvalue weighted by Gasteiger charge is 2.20. The topological polar surface area (TPSA) is 41.3 Å². The Labute approximate surface area is 124 Å². The van der Waals surface area contributed by atoms with Gasteiger partial charge in [-0.2, -0.15) is 0 Å². The normalized spacial score (nSPS) is 19.8. The van der Waals surface area contributed by atoms with Gasteiger partial charge in [-0.1, -0.05) is 12.1 Å². The minimum Gasteiger partial charge on any atom is -0.439 e. The number of piperidine rings is 1. The first-order chi connectivity index (χ1) is 10.3. The minimum absolute atomic E-state index is 0.284. The highest BCUT2D eigenvalue weighted by molar-refractivity contribution is 5.56. The summed E-state index contributed by atoms with van der Waals surface area (Å²) < 4.78 is 19.4. The van der Waals surface area contributed by atoms with Crippen molar-refractivity contribution in [1.29, 1.82) is 0 Å². The summed E-state index contributed by atoms with van der Waals surface area (Å²) in [6, 6.07) is 7.13. The number of aromatic nitrogens is 1. The molecule has 1 aromatic carbocycles. The third-order valence-electron chi connectivity index (χ3n) is 3.97. The summed E-state index contributed by atoms with van der Waals surface area (Å²) in [5.41, 5.74) is 0.461. The molecule has 1 aliphatic rings. The molecule has 0 spiro atoms. The minimum atomic E-state index is -0.284. The third kappa shape index (κ3) is 3.31. The number of likely N-dealkylation sites (N-methyl/N-ethyl adjacent to an activating group) is 1. The van der Waals surface area contributed by atoms with Crippen LogP contribution in [0.25, 0.3) is 11.3 Å². The number of nitrogens with zero attached hydrogens (tertiary/aromatic N) is 2. The van der Waals surface area contributed by atoms with Crippen LogP contribution in [0.3, 0.4) is 0 Å². The molecule has 0 aliphatic carbocycles. The van der Waals surface area contributed by atoms with E-state index in [2.05, 4.69) is 15.2 Å². The van der Waals surface area contributed by atoms with Crippen molar-refractivity contribution in [1.82, 2.24) is 15.2 Å². The molecule has 3 rings (SSSR count). The van der Waals surface area contributed by atoms with Gasteiger partial charge in [0.05, 0.1) is 18.3 Å². The second-order valence-corrected chi connectivity index (χ2v) is 5.46. The molecule has 1 saturated heterocycles. The predicted molar refractivity (Wildman–Crippen MR) is 79.3 cm³/mol. The van der Waals surface area contributed by atoms with Crippen LogP contribution in [0.2, 0.25) is 0 Å². The van der Waals surface area contributed by atoms with E-state index in [1.54, 1.807) is 24.4 Å². The lowest BCUT2D eigenvalue weighted by molar-refractivity contribution is 0.173. The lowest BCUT2D eigenvalue weighted by atomic mass is 10.1. The van der Waals surface area contributed by atoms with Gasteiger partial charge in [-0.25, -0.2) is 9.37 Å². The smallest absolute Gasteiger partial charge is 0.209 e. The molecule has 1 N–H and O–H groups in total. The Morgan fingerprint density at radius 2 is 2.29 bits per heavy atom. The van der Waals surface area contributed by atoms with Crippen LogP contribution in [0.1, 0.15) is 18.7 Å². The third-order valence-corrected chi connectivity index (χ3v) is 3.97. The van der Waals surface area contributed by atoms with Crippen molar-refractivity contribution in [2.75, 3.05) is 20.1 Å². The highest BCUT2D eigenvalue weighted by atomic mass is 19.1. The van der Waals surface area contributed by atoms with Crippen molar-refractivity contribution in [3.63, 3.8) is 0 Å². The summed E-state index contributed by atoms with van der Waals surface area (Å²) in [6.07, 6.45) is 3.98. The van der Waals surface area contributed by atoms with Gasteiger partial charge in [0.2, 0.25) is 5.89 Å². The van der Waals surface area contributed by atoms with Crippen LogP contribution < -0.4 is 5.32 Å². The fourth-order valence-electron chi connectivity index (χ4n) is 2.79. The molecule has 0 saturated carbocycles. The maximum atomic E-state index is 13.7. The summed E-state index contributed by atoms with van der Waals surface area (Å²) in [4.78, 5) is 6.60. The molecule has 0 amide bonds. The van der Waals surface area contributed by atoms with Crippen molar-refractivity contribution in [2.45, 2.75) is 25.4 Å². The average molecular weight is 289 g/mol. The number of halogens is 1. The second-order valence-electron chi connectivity index (χ2n) is 5.46. The number of nitrogens with one attached hydrogen (secondary N) is 1. The number of oxazole rings is 1. The molecule has 2 aromatic rings. The lowest BCUT2D eigenvalue weighted by Crippen LogP contribution is -2.43. The summed E-state index contributed by atoms with van der Waals surface area (Å²) in [6.45, 7) is 2.72. The molecule has 0 bridgehead atoms.